The van der Waals surface area contributed by atoms with Crippen molar-refractivity contribution < 1.29 is 19.1 Å². The molecule has 0 aromatic heterocycles. The van der Waals surface area contributed by atoms with Crippen LogP contribution in [0.1, 0.15) is 47.5 Å². The van der Waals surface area contributed by atoms with E-state index >= 15 is 0 Å². The summed E-state index contributed by atoms with van der Waals surface area (Å²) in [4.78, 5) is 24.6. The molecule has 0 bridgehead atoms. The molecule has 0 aromatic carbocycles. The maximum Gasteiger partial charge on any atom is 0.334 e. The van der Waals surface area contributed by atoms with Crippen molar-refractivity contribution in [1.82, 2.24) is 0 Å². The molecular formula is C18H28O4. The van der Waals surface area contributed by atoms with E-state index in [9.17, 15) is 9.59 Å². The number of rotatable bonds is 6. The van der Waals surface area contributed by atoms with Gasteiger partial charge in [0, 0.05) is 0 Å². The predicted molar refractivity (Wildman–Crippen MR) is 86.2 cm³/mol. The van der Waals surface area contributed by atoms with Crippen molar-refractivity contribution in [3.05, 3.63) is 23.3 Å². The Morgan fingerprint density at radius 3 is 2.32 bits per heavy atom. The van der Waals surface area contributed by atoms with Gasteiger partial charge in [-0.15, -0.1) is 0 Å². The first-order valence-corrected chi connectivity index (χ1v) is 8.03. The third-order valence-corrected chi connectivity index (χ3v) is 3.31. The summed E-state index contributed by atoms with van der Waals surface area (Å²) in [6.07, 6.45) is 5.13. The Kier molecular flexibility index (Phi) is 7.36. The van der Waals surface area contributed by atoms with Crippen LogP contribution in [-0.4, -0.2) is 25.2 Å². The van der Waals surface area contributed by atoms with E-state index < -0.39 is 11.9 Å². The SMILES string of the molecule is CC1=CCCC(C(=O)OCC(C)C)C(C(=O)OCC(C)C)=C1. The molecular weight excluding hydrogens is 280 g/mol. The molecule has 4 nitrogen and oxygen atoms in total. The summed E-state index contributed by atoms with van der Waals surface area (Å²) in [5.41, 5.74) is 1.40. The number of ether oxygens (including phenoxy) is 2. The molecule has 1 aliphatic rings. The maximum absolute atomic E-state index is 12.3. The van der Waals surface area contributed by atoms with Crippen molar-refractivity contribution in [3.63, 3.8) is 0 Å². The van der Waals surface area contributed by atoms with Gasteiger partial charge in [-0.25, -0.2) is 4.79 Å². The molecule has 0 spiro atoms. The van der Waals surface area contributed by atoms with Crippen LogP contribution in [0, 0.1) is 17.8 Å². The second-order valence-corrected chi connectivity index (χ2v) is 6.69. The highest BCUT2D eigenvalue weighted by Gasteiger charge is 2.31. The van der Waals surface area contributed by atoms with Gasteiger partial charge in [0.15, 0.2) is 0 Å². The molecule has 1 unspecified atom stereocenters. The fourth-order valence-corrected chi connectivity index (χ4v) is 2.16. The number of esters is 2. The lowest BCUT2D eigenvalue weighted by Crippen LogP contribution is -2.26. The Balaban J connectivity index is 2.85. The largest absolute Gasteiger partial charge is 0.465 e. The Morgan fingerprint density at radius 1 is 1.14 bits per heavy atom. The molecule has 0 fully saturated rings. The molecule has 0 saturated carbocycles. The van der Waals surface area contributed by atoms with E-state index in [2.05, 4.69) is 0 Å². The summed E-state index contributed by atoms with van der Waals surface area (Å²) >= 11 is 0. The van der Waals surface area contributed by atoms with E-state index in [4.69, 9.17) is 9.47 Å². The highest BCUT2D eigenvalue weighted by molar-refractivity contribution is 5.96. The molecule has 0 saturated heterocycles. The van der Waals surface area contributed by atoms with Crippen LogP contribution in [0.3, 0.4) is 0 Å². The summed E-state index contributed by atoms with van der Waals surface area (Å²) in [6, 6.07) is 0. The normalized spacial score (nSPS) is 18.6. The topological polar surface area (TPSA) is 52.6 Å². The second-order valence-electron chi connectivity index (χ2n) is 6.69. The van der Waals surface area contributed by atoms with E-state index in [-0.39, 0.29) is 17.8 Å². The Bertz CT molecular complexity index is 458. The Labute approximate surface area is 133 Å². The van der Waals surface area contributed by atoms with Crippen molar-refractivity contribution >= 4 is 11.9 Å². The van der Waals surface area contributed by atoms with Gasteiger partial charge in [0.1, 0.15) is 0 Å². The van der Waals surface area contributed by atoms with Gasteiger partial charge >= 0.3 is 11.9 Å². The quantitative estimate of drug-likeness (QED) is 0.703. The average molecular weight is 308 g/mol. The zero-order valence-electron chi connectivity index (χ0n) is 14.3. The average Bonchev–Trinajstić information content (AvgIpc) is 2.63. The summed E-state index contributed by atoms with van der Waals surface area (Å²) in [7, 11) is 0. The molecule has 1 aliphatic carbocycles. The van der Waals surface area contributed by atoms with E-state index in [1.165, 1.54) is 0 Å². The number of carbonyl (C=O) groups is 2. The standard InChI is InChI=1S/C18H28O4/c1-12(2)10-21-17(19)15-8-6-7-14(5)9-16(15)18(20)22-11-13(3)4/h7,9,12-13,15H,6,8,10-11H2,1-5H3. The fraction of sp³-hybridized carbons (Fsp3) is 0.667. The minimum Gasteiger partial charge on any atom is -0.465 e. The van der Waals surface area contributed by atoms with Gasteiger partial charge in [0.05, 0.1) is 24.7 Å². The molecule has 4 heteroatoms. The summed E-state index contributed by atoms with van der Waals surface area (Å²) in [5.74, 6) is -0.736. The molecule has 0 amide bonds. The summed E-state index contributed by atoms with van der Waals surface area (Å²) in [6.45, 7) is 10.6. The summed E-state index contributed by atoms with van der Waals surface area (Å²) < 4.78 is 10.6. The smallest absolute Gasteiger partial charge is 0.334 e. The van der Waals surface area contributed by atoms with Crippen LogP contribution >= 0.6 is 0 Å². The first kappa shape index (κ1) is 18.5. The zero-order chi connectivity index (χ0) is 16.7. The van der Waals surface area contributed by atoms with Gasteiger partial charge in [-0.2, -0.15) is 0 Å². The highest BCUT2D eigenvalue weighted by atomic mass is 16.5. The molecule has 1 rings (SSSR count). The van der Waals surface area contributed by atoms with Crippen LogP contribution in [0.15, 0.2) is 23.3 Å². The van der Waals surface area contributed by atoms with Crippen molar-refractivity contribution in [2.24, 2.45) is 17.8 Å². The molecule has 0 aliphatic heterocycles. The van der Waals surface area contributed by atoms with Crippen LogP contribution < -0.4 is 0 Å². The van der Waals surface area contributed by atoms with Gasteiger partial charge < -0.3 is 9.47 Å². The number of hydrogen-bond donors (Lipinski definition) is 0. The number of hydrogen-bond acceptors (Lipinski definition) is 4. The van der Waals surface area contributed by atoms with Crippen LogP contribution in [0.25, 0.3) is 0 Å². The van der Waals surface area contributed by atoms with Crippen LogP contribution in [0.2, 0.25) is 0 Å². The zero-order valence-corrected chi connectivity index (χ0v) is 14.3. The Morgan fingerprint density at radius 2 is 1.73 bits per heavy atom. The number of carbonyl (C=O) groups excluding carboxylic acids is 2. The molecule has 22 heavy (non-hydrogen) atoms. The van der Waals surface area contributed by atoms with E-state index in [1.807, 2.05) is 40.7 Å². The summed E-state index contributed by atoms with van der Waals surface area (Å²) in [5, 5.41) is 0. The van der Waals surface area contributed by atoms with Crippen LogP contribution in [-0.2, 0) is 19.1 Å². The van der Waals surface area contributed by atoms with Crippen molar-refractivity contribution in [2.45, 2.75) is 47.5 Å². The van der Waals surface area contributed by atoms with Gasteiger partial charge in [0.25, 0.3) is 0 Å². The molecule has 0 heterocycles. The van der Waals surface area contributed by atoms with Crippen molar-refractivity contribution in [2.75, 3.05) is 13.2 Å². The van der Waals surface area contributed by atoms with Gasteiger partial charge in [-0.05, 0) is 37.7 Å². The van der Waals surface area contributed by atoms with E-state index in [1.54, 1.807) is 6.08 Å². The van der Waals surface area contributed by atoms with Gasteiger partial charge in [-0.1, -0.05) is 39.3 Å². The van der Waals surface area contributed by atoms with E-state index in [0.717, 1.165) is 12.0 Å². The van der Waals surface area contributed by atoms with Crippen LogP contribution in [0.5, 0.6) is 0 Å². The minimum absolute atomic E-state index is 0.262. The second kappa shape index (κ2) is 8.76. The first-order chi connectivity index (χ1) is 10.3. The molecule has 0 aromatic rings. The minimum atomic E-state index is -0.535. The first-order valence-electron chi connectivity index (χ1n) is 8.03. The van der Waals surface area contributed by atoms with Crippen molar-refractivity contribution in [1.29, 1.82) is 0 Å². The lowest BCUT2D eigenvalue weighted by molar-refractivity contribution is -0.151. The Hall–Kier alpha value is -1.58. The van der Waals surface area contributed by atoms with Crippen LogP contribution in [0.4, 0.5) is 0 Å². The third kappa shape index (κ3) is 6.04. The maximum atomic E-state index is 12.3. The molecule has 1 atom stereocenters. The monoisotopic (exact) mass is 308 g/mol. The highest BCUT2D eigenvalue weighted by Crippen LogP contribution is 2.26. The molecule has 124 valence electrons. The van der Waals surface area contributed by atoms with Gasteiger partial charge in [-0.3, -0.25) is 4.79 Å². The van der Waals surface area contributed by atoms with Crippen molar-refractivity contribution in [3.8, 4) is 0 Å². The van der Waals surface area contributed by atoms with Gasteiger partial charge in [0.2, 0.25) is 0 Å². The third-order valence-electron chi connectivity index (χ3n) is 3.31. The lowest BCUT2D eigenvalue weighted by Gasteiger charge is -2.18. The number of allylic oxidation sites excluding steroid dienone is 3. The molecule has 0 N–H and O–H groups in total. The van der Waals surface area contributed by atoms with E-state index in [0.29, 0.717) is 25.2 Å². The fourth-order valence-electron chi connectivity index (χ4n) is 2.16. The lowest BCUT2D eigenvalue weighted by atomic mass is 9.95. The predicted octanol–water partition coefficient (Wildman–Crippen LogP) is 3.67. The molecule has 0 radical (unpaired) electrons.